The summed E-state index contributed by atoms with van der Waals surface area (Å²) in [5.41, 5.74) is 2.19. The van der Waals surface area contributed by atoms with Crippen LogP contribution in [0.25, 0.3) is 0 Å². The Morgan fingerprint density at radius 3 is 2.63 bits per heavy atom. The fourth-order valence-corrected chi connectivity index (χ4v) is 3.98. The number of halogens is 2. The summed E-state index contributed by atoms with van der Waals surface area (Å²) in [5, 5.41) is 10.3. The molecule has 102 valence electrons. The molecule has 0 fully saturated rings. The molecule has 2 rings (SSSR count). The standard InChI is InChI=1S/C14H14Br2O2S/c1-8-3-4-12(18-2)9(5-8)6-11(17)13-7-10(15)14(16)19-13/h3-5,7,11,17H,6H2,1-2H3. The van der Waals surface area contributed by atoms with E-state index in [1.54, 1.807) is 7.11 Å². The normalized spacial score (nSPS) is 12.5. The van der Waals surface area contributed by atoms with Crippen LogP contribution in [0.5, 0.6) is 5.75 Å². The molecule has 0 radical (unpaired) electrons. The van der Waals surface area contributed by atoms with Crippen LogP contribution in [0.15, 0.2) is 32.5 Å². The van der Waals surface area contributed by atoms with Crippen molar-refractivity contribution in [3.63, 3.8) is 0 Å². The third-order valence-corrected chi connectivity index (χ3v) is 6.20. The van der Waals surface area contributed by atoms with Crippen LogP contribution in [0.3, 0.4) is 0 Å². The number of ether oxygens (including phenoxy) is 1. The molecule has 1 aromatic carbocycles. The van der Waals surface area contributed by atoms with Crippen LogP contribution in [0.2, 0.25) is 0 Å². The first-order valence-electron chi connectivity index (χ1n) is 5.77. The van der Waals surface area contributed by atoms with Gasteiger partial charge in [0.05, 0.1) is 17.0 Å². The SMILES string of the molecule is COc1ccc(C)cc1CC(O)c1cc(Br)c(Br)s1. The fraction of sp³-hybridized carbons (Fsp3) is 0.286. The van der Waals surface area contributed by atoms with Gasteiger partial charge in [-0.25, -0.2) is 0 Å². The maximum Gasteiger partial charge on any atom is 0.122 e. The molecule has 1 N–H and O–H groups in total. The van der Waals surface area contributed by atoms with E-state index in [2.05, 4.69) is 37.9 Å². The minimum atomic E-state index is -0.525. The molecular weight excluding hydrogens is 392 g/mol. The van der Waals surface area contributed by atoms with Gasteiger partial charge in [-0.3, -0.25) is 0 Å². The summed E-state index contributed by atoms with van der Waals surface area (Å²) in [6.07, 6.45) is 0.0212. The van der Waals surface area contributed by atoms with Crippen LogP contribution in [0.4, 0.5) is 0 Å². The highest BCUT2D eigenvalue weighted by Gasteiger charge is 2.16. The third kappa shape index (κ3) is 3.60. The van der Waals surface area contributed by atoms with Gasteiger partial charge in [-0.05, 0) is 56.5 Å². The highest BCUT2D eigenvalue weighted by atomic mass is 79.9. The highest BCUT2D eigenvalue weighted by molar-refractivity contribution is 9.13. The van der Waals surface area contributed by atoms with Crippen LogP contribution in [0.1, 0.15) is 22.1 Å². The van der Waals surface area contributed by atoms with E-state index in [4.69, 9.17) is 4.74 Å². The molecule has 0 aliphatic rings. The van der Waals surface area contributed by atoms with Crippen LogP contribution in [-0.4, -0.2) is 12.2 Å². The smallest absolute Gasteiger partial charge is 0.122 e. The van der Waals surface area contributed by atoms with E-state index < -0.39 is 6.10 Å². The number of aliphatic hydroxyl groups excluding tert-OH is 1. The summed E-state index contributed by atoms with van der Waals surface area (Å²) in [6.45, 7) is 2.04. The lowest BCUT2D eigenvalue weighted by Crippen LogP contribution is -2.02. The largest absolute Gasteiger partial charge is 0.496 e. The van der Waals surface area contributed by atoms with Gasteiger partial charge in [0.15, 0.2) is 0 Å². The van der Waals surface area contributed by atoms with Gasteiger partial charge in [0.1, 0.15) is 5.75 Å². The van der Waals surface area contributed by atoms with Gasteiger partial charge >= 0.3 is 0 Å². The van der Waals surface area contributed by atoms with Gasteiger partial charge in [0.2, 0.25) is 0 Å². The number of hydrogen-bond donors (Lipinski definition) is 1. The maximum atomic E-state index is 10.3. The summed E-state index contributed by atoms with van der Waals surface area (Å²) >= 11 is 8.42. The Balaban J connectivity index is 2.23. The van der Waals surface area contributed by atoms with Crippen molar-refractivity contribution in [2.45, 2.75) is 19.4 Å². The molecule has 5 heteroatoms. The number of aliphatic hydroxyl groups is 1. The Labute approximate surface area is 133 Å². The monoisotopic (exact) mass is 404 g/mol. The van der Waals surface area contributed by atoms with Gasteiger partial charge in [0, 0.05) is 15.8 Å². The molecule has 1 aromatic heterocycles. The molecule has 1 atom stereocenters. The molecule has 0 aliphatic heterocycles. The second-order valence-corrected chi connectivity index (χ2v) is 7.56. The predicted octanol–water partition coefficient (Wildman–Crippen LogP) is 4.87. The molecule has 2 aromatic rings. The van der Waals surface area contributed by atoms with Crippen molar-refractivity contribution < 1.29 is 9.84 Å². The highest BCUT2D eigenvalue weighted by Crippen LogP contribution is 2.37. The number of aryl methyl sites for hydroxylation is 1. The second kappa shape index (κ2) is 6.39. The van der Waals surface area contributed by atoms with Gasteiger partial charge in [-0.1, -0.05) is 17.7 Å². The van der Waals surface area contributed by atoms with Crippen molar-refractivity contribution >= 4 is 43.2 Å². The van der Waals surface area contributed by atoms with Crippen molar-refractivity contribution in [2.24, 2.45) is 0 Å². The van der Waals surface area contributed by atoms with Crippen LogP contribution >= 0.6 is 43.2 Å². The third-order valence-electron chi connectivity index (χ3n) is 2.84. The first kappa shape index (κ1) is 15.0. The van der Waals surface area contributed by atoms with E-state index >= 15 is 0 Å². The molecule has 0 spiro atoms. The number of methoxy groups -OCH3 is 1. The molecule has 19 heavy (non-hydrogen) atoms. The van der Waals surface area contributed by atoms with Crippen LogP contribution < -0.4 is 4.74 Å². The summed E-state index contributed by atoms with van der Waals surface area (Å²) in [6, 6.07) is 7.95. The second-order valence-electron chi connectivity index (χ2n) is 4.31. The lowest BCUT2D eigenvalue weighted by atomic mass is 10.0. The van der Waals surface area contributed by atoms with Crippen LogP contribution in [-0.2, 0) is 6.42 Å². The van der Waals surface area contributed by atoms with E-state index in [1.165, 1.54) is 11.3 Å². The van der Waals surface area contributed by atoms with Gasteiger partial charge in [-0.15, -0.1) is 11.3 Å². The fourth-order valence-electron chi connectivity index (χ4n) is 1.90. The summed E-state index contributed by atoms with van der Waals surface area (Å²) < 4.78 is 7.31. The average Bonchev–Trinajstić information content (AvgIpc) is 2.70. The lowest BCUT2D eigenvalue weighted by molar-refractivity contribution is 0.181. The van der Waals surface area contributed by atoms with Gasteiger partial charge < -0.3 is 9.84 Å². The first-order chi connectivity index (χ1) is 9.01. The minimum Gasteiger partial charge on any atom is -0.496 e. The molecule has 2 nitrogen and oxygen atoms in total. The Kier molecular flexibility index (Phi) is 5.06. The summed E-state index contributed by atoms with van der Waals surface area (Å²) in [5.74, 6) is 0.819. The van der Waals surface area contributed by atoms with E-state index in [0.717, 1.165) is 30.0 Å². The van der Waals surface area contributed by atoms with Crippen molar-refractivity contribution in [3.8, 4) is 5.75 Å². The van der Waals surface area contributed by atoms with Crippen molar-refractivity contribution in [2.75, 3.05) is 7.11 Å². The number of thiophene rings is 1. The molecule has 0 saturated heterocycles. The average molecular weight is 406 g/mol. The summed E-state index contributed by atoms with van der Waals surface area (Å²) in [7, 11) is 1.65. The Morgan fingerprint density at radius 2 is 2.05 bits per heavy atom. The van der Waals surface area contributed by atoms with E-state index in [-0.39, 0.29) is 0 Å². The van der Waals surface area contributed by atoms with Crippen molar-refractivity contribution in [3.05, 3.63) is 48.5 Å². The number of hydrogen-bond acceptors (Lipinski definition) is 3. The number of benzene rings is 1. The summed E-state index contributed by atoms with van der Waals surface area (Å²) in [4.78, 5) is 0.933. The molecule has 1 unspecified atom stereocenters. The Hall–Kier alpha value is -0.360. The lowest BCUT2D eigenvalue weighted by Gasteiger charge is -2.13. The zero-order chi connectivity index (χ0) is 14.0. The molecule has 1 heterocycles. The van der Waals surface area contributed by atoms with E-state index in [1.807, 2.05) is 25.1 Å². The number of rotatable bonds is 4. The first-order valence-corrected chi connectivity index (χ1v) is 8.18. The Bertz CT molecular complexity index is 561. The molecule has 0 bridgehead atoms. The maximum absolute atomic E-state index is 10.3. The predicted molar refractivity (Wildman–Crippen MR) is 86.1 cm³/mol. The van der Waals surface area contributed by atoms with Gasteiger partial charge in [0.25, 0.3) is 0 Å². The molecule has 0 aliphatic carbocycles. The topological polar surface area (TPSA) is 29.5 Å². The zero-order valence-corrected chi connectivity index (χ0v) is 14.6. The molecular formula is C14H14Br2O2S. The molecule has 0 saturated carbocycles. The zero-order valence-electron chi connectivity index (χ0n) is 10.6. The van der Waals surface area contributed by atoms with E-state index in [0.29, 0.717) is 6.42 Å². The van der Waals surface area contributed by atoms with E-state index in [9.17, 15) is 5.11 Å². The van der Waals surface area contributed by atoms with Crippen LogP contribution in [0, 0.1) is 6.92 Å². The minimum absolute atomic E-state index is 0.525. The van der Waals surface area contributed by atoms with Gasteiger partial charge in [-0.2, -0.15) is 0 Å². The quantitative estimate of drug-likeness (QED) is 0.786. The molecule has 0 amide bonds. The van der Waals surface area contributed by atoms with Crippen molar-refractivity contribution in [1.29, 1.82) is 0 Å². The Morgan fingerprint density at radius 1 is 1.32 bits per heavy atom. The van der Waals surface area contributed by atoms with Crippen molar-refractivity contribution in [1.82, 2.24) is 0 Å².